The topological polar surface area (TPSA) is 70.8 Å². The molecular formula is C28H32FN7O. The van der Waals surface area contributed by atoms with E-state index in [1.165, 1.54) is 12.0 Å². The number of aromatic nitrogens is 4. The lowest BCUT2D eigenvalue weighted by molar-refractivity contribution is -0.00876. The molecule has 3 unspecified atom stereocenters. The Kier molecular flexibility index (Phi) is 6.16. The maximum absolute atomic E-state index is 13.4. The number of nitrogens with one attached hydrogen (secondary N) is 1. The maximum atomic E-state index is 13.4. The van der Waals surface area contributed by atoms with E-state index in [-0.39, 0.29) is 6.54 Å². The van der Waals surface area contributed by atoms with E-state index < -0.39 is 6.17 Å². The molecule has 0 saturated carbocycles. The average Bonchev–Trinajstić information content (AvgIpc) is 3.31. The number of piperazine rings is 1. The van der Waals surface area contributed by atoms with Gasteiger partial charge in [0.1, 0.15) is 12.0 Å². The predicted molar refractivity (Wildman–Crippen MR) is 143 cm³/mol. The third-order valence-electron chi connectivity index (χ3n) is 7.48. The summed E-state index contributed by atoms with van der Waals surface area (Å²) in [6.45, 7) is 6.72. The Balaban J connectivity index is 1.17. The highest BCUT2D eigenvalue weighted by Gasteiger charge is 2.44. The zero-order valence-electron chi connectivity index (χ0n) is 21.4. The highest BCUT2D eigenvalue weighted by molar-refractivity contribution is 5.84. The Hall–Kier alpha value is -3.72. The fourth-order valence-corrected chi connectivity index (χ4v) is 5.55. The van der Waals surface area contributed by atoms with Gasteiger partial charge in [-0.05, 0) is 49.6 Å². The van der Waals surface area contributed by atoms with E-state index in [1.54, 1.807) is 14.0 Å². The van der Waals surface area contributed by atoms with Crippen molar-refractivity contribution in [3.05, 3.63) is 66.2 Å². The largest absolute Gasteiger partial charge is 0.481 e. The summed E-state index contributed by atoms with van der Waals surface area (Å²) in [4.78, 5) is 14.2. The third kappa shape index (κ3) is 4.59. The Morgan fingerprint density at radius 1 is 1.11 bits per heavy atom. The molecule has 4 aromatic heterocycles. The van der Waals surface area contributed by atoms with E-state index in [4.69, 9.17) is 9.72 Å². The normalized spacial score (nSPS) is 20.1. The summed E-state index contributed by atoms with van der Waals surface area (Å²) in [7, 11) is 1.64. The molecule has 3 atom stereocenters. The standard InChI is InChI=1S/C28H32FN7O/c1-18-10-33-36-15-22(30-11-19(2)29)8-25(28(18)36)21-5-6-26(31-13-21)34-16-23-9-24(17-34)35(23)14-20-4-7-27(37-3)32-12-20/h4-8,10,12-13,15,19,23-24,30H,9,11,14,16-17H2,1-3H3. The van der Waals surface area contributed by atoms with Gasteiger partial charge in [-0.2, -0.15) is 5.10 Å². The molecule has 1 N–H and O–H groups in total. The van der Waals surface area contributed by atoms with Gasteiger partial charge in [0.05, 0.1) is 30.7 Å². The molecule has 3 aliphatic rings. The molecule has 0 aromatic carbocycles. The number of ether oxygens (including phenoxy) is 1. The minimum atomic E-state index is -0.931. The Morgan fingerprint density at radius 3 is 2.62 bits per heavy atom. The van der Waals surface area contributed by atoms with Crippen LogP contribution in [0.1, 0.15) is 24.5 Å². The molecule has 0 amide bonds. The summed E-state index contributed by atoms with van der Waals surface area (Å²) in [6.07, 6.45) is 7.92. The average molecular weight is 502 g/mol. The van der Waals surface area contributed by atoms with E-state index in [0.29, 0.717) is 18.0 Å². The van der Waals surface area contributed by atoms with Gasteiger partial charge in [0, 0.05) is 67.8 Å². The van der Waals surface area contributed by atoms with Crippen molar-refractivity contribution < 1.29 is 9.13 Å². The zero-order chi connectivity index (χ0) is 25.5. The molecule has 4 aromatic rings. The second-order valence-corrected chi connectivity index (χ2v) is 10.2. The molecular weight excluding hydrogens is 469 g/mol. The van der Waals surface area contributed by atoms with E-state index in [9.17, 15) is 4.39 Å². The summed E-state index contributed by atoms with van der Waals surface area (Å²) in [5.41, 5.74) is 6.23. The lowest BCUT2D eigenvalue weighted by Crippen LogP contribution is -2.68. The first-order valence-electron chi connectivity index (χ1n) is 12.8. The minimum absolute atomic E-state index is 0.256. The van der Waals surface area contributed by atoms with Crippen molar-refractivity contribution in [3.63, 3.8) is 0 Å². The van der Waals surface area contributed by atoms with Gasteiger partial charge in [0.25, 0.3) is 0 Å². The molecule has 37 heavy (non-hydrogen) atoms. The van der Waals surface area contributed by atoms with Gasteiger partial charge in [-0.25, -0.2) is 18.9 Å². The van der Waals surface area contributed by atoms with Crippen LogP contribution in [0.15, 0.2) is 55.1 Å². The molecule has 0 radical (unpaired) electrons. The number of piperidine rings is 1. The molecule has 3 saturated heterocycles. The Labute approximate surface area is 216 Å². The van der Waals surface area contributed by atoms with Crippen molar-refractivity contribution in [2.45, 2.75) is 45.1 Å². The van der Waals surface area contributed by atoms with Gasteiger partial charge in [-0.3, -0.25) is 4.90 Å². The SMILES string of the molecule is COc1ccc(CN2C3CC2CN(c2ccc(-c4cc(NCC(C)F)cn5ncc(C)c45)cn2)C3)cn1. The molecule has 0 aliphatic carbocycles. The number of methoxy groups -OCH3 is 1. The number of hydrogen-bond donors (Lipinski definition) is 1. The second kappa shape index (κ2) is 9.63. The number of anilines is 2. The molecule has 192 valence electrons. The number of alkyl halides is 1. The van der Waals surface area contributed by atoms with Crippen LogP contribution in [-0.2, 0) is 6.54 Å². The fourth-order valence-electron chi connectivity index (χ4n) is 5.55. The van der Waals surface area contributed by atoms with Gasteiger partial charge >= 0.3 is 0 Å². The van der Waals surface area contributed by atoms with Gasteiger partial charge in [0.2, 0.25) is 5.88 Å². The number of hydrogen-bond acceptors (Lipinski definition) is 7. The second-order valence-electron chi connectivity index (χ2n) is 10.2. The summed E-state index contributed by atoms with van der Waals surface area (Å²) < 4.78 is 20.5. The number of fused-ring (bicyclic) bond motifs is 3. The Bertz CT molecular complexity index is 1370. The van der Waals surface area contributed by atoms with Crippen molar-refractivity contribution in [1.29, 1.82) is 0 Å². The van der Waals surface area contributed by atoms with Crippen molar-refractivity contribution in [3.8, 4) is 17.0 Å². The molecule has 3 fully saturated rings. The van der Waals surface area contributed by atoms with Crippen molar-refractivity contribution in [2.24, 2.45) is 0 Å². The van der Waals surface area contributed by atoms with Crippen LogP contribution in [0.4, 0.5) is 15.9 Å². The van der Waals surface area contributed by atoms with Gasteiger partial charge in [-0.1, -0.05) is 6.07 Å². The first kappa shape index (κ1) is 23.7. The highest BCUT2D eigenvalue weighted by Crippen LogP contribution is 2.36. The minimum Gasteiger partial charge on any atom is -0.481 e. The molecule has 8 nitrogen and oxygen atoms in total. The van der Waals surface area contributed by atoms with Crippen LogP contribution in [0, 0.1) is 6.92 Å². The lowest BCUT2D eigenvalue weighted by Gasteiger charge is -2.56. The molecule has 2 bridgehead atoms. The van der Waals surface area contributed by atoms with Gasteiger partial charge < -0.3 is 15.0 Å². The van der Waals surface area contributed by atoms with E-state index in [2.05, 4.69) is 56.4 Å². The number of halogens is 1. The van der Waals surface area contributed by atoms with Gasteiger partial charge in [-0.15, -0.1) is 0 Å². The molecule has 7 rings (SSSR count). The monoisotopic (exact) mass is 501 g/mol. The van der Waals surface area contributed by atoms with Crippen LogP contribution >= 0.6 is 0 Å². The lowest BCUT2D eigenvalue weighted by atomic mass is 9.87. The van der Waals surface area contributed by atoms with Crippen LogP contribution in [0.25, 0.3) is 16.6 Å². The third-order valence-corrected chi connectivity index (χ3v) is 7.48. The number of pyridine rings is 3. The molecule has 7 heterocycles. The van der Waals surface area contributed by atoms with Crippen LogP contribution in [0.3, 0.4) is 0 Å². The van der Waals surface area contributed by atoms with Crippen LogP contribution in [0.2, 0.25) is 0 Å². The molecule has 3 aliphatic heterocycles. The zero-order valence-corrected chi connectivity index (χ0v) is 21.4. The van der Waals surface area contributed by atoms with Crippen molar-refractivity contribution in [1.82, 2.24) is 24.5 Å². The summed E-state index contributed by atoms with van der Waals surface area (Å²) in [5.74, 6) is 1.65. The van der Waals surface area contributed by atoms with E-state index >= 15 is 0 Å². The number of nitrogens with zero attached hydrogens (tertiary/aromatic N) is 6. The molecule has 9 heteroatoms. The quantitative estimate of drug-likeness (QED) is 0.385. The summed E-state index contributed by atoms with van der Waals surface area (Å²) >= 11 is 0. The van der Waals surface area contributed by atoms with Crippen LogP contribution < -0.4 is 15.0 Å². The molecule has 0 spiro atoms. The van der Waals surface area contributed by atoms with Crippen molar-refractivity contribution in [2.75, 3.05) is 37.0 Å². The first-order valence-corrected chi connectivity index (χ1v) is 12.8. The van der Waals surface area contributed by atoms with Crippen LogP contribution in [0.5, 0.6) is 5.88 Å². The number of rotatable bonds is 8. The van der Waals surface area contributed by atoms with E-state index in [0.717, 1.165) is 53.3 Å². The highest BCUT2D eigenvalue weighted by atomic mass is 19.1. The van der Waals surface area contributed by atoms with Gasteiger partial charge in [0.15, 0.2) is 0 Å². The first-order chi connectivity index (χ1) is 18.0. The number of aryl methyl sites for hydroxylation is 1. The van der Waals surface area contributed by atoms with Crippen LogP contribution in [-0.4, -0.2) is 69.5 Å². The predicted octanol–water partition coefficient (Wildman–Crippen LogP) is 4.34. The smallest absolute Gasteiger partial charge is 0.212 e. The fraction of sp³-hybridized carbons (Fsp3) is 0.393. The Morgan fingerprint density at radius 2 is 1.95 bits per heavy atom. The van der Waals surface area contributed by atoms with E-state index in [1.807, 2.05) is 35.4 Å². The van der Waals surface area contributed by atoms with Crippen molar-refractivity contribution >= 4 is 17.0 Å². The summed E-state index contributed by atoms with van der Waals surface area (Å²) in [6, 6.07) is 11.4. The summed E-state index contributed by atoms with van der Waals surface area (Å²) in [5, 5.41) is 7.66. The maximum Gasteiger partial charge on any atom is 0.212 e.